The van der Waals surface area contributed by atoms with Crippen molar-refractivity contribution in [2.45, 2.75) is 32.9 Å². The molecular weight excluding hydrogens is 663 g/mol. The summed E-state index contributed by atoms with van der Waals surface area (Å²) in [4.78, 5) is 27.4. The van der Waals surface area contributed by atoms with Crippen molar-refractivity contribution in [2.24, 2.45) is 0 Å². The second-order valence-electron chi connectivity index (χ2n) is 10.9. The number of piperazine rings is 1. The summed E-state index contributed by atoms with van der Waals surface area (Å²) in [6, 6.07) is 5.37. The molecule has 1 aliphatic rings. The Morgan fingerprint density at radius 3 is 2.40 bits per heavy atom. The number of pyridine rings is 3. The number of nitrogen functional groups attached to an aromatic ring is 1. The average Bonchev–Trinajstić information content (AvgIpc) is 3.02. The summed E-state index contributed by atoms with van der Waals surface area (Å²) in [5, 5.41) is 20.0. The molecule has 1 aromatic carbocycles. The molecule has 1 aliphatic heterocycles. The lowest BCUT2D eigenvalue weighted by atomic mass is 10.0. The van der Waals surface area contributed by atoms with Crippen LogP contribution in [-0.2, 0) is 0 Å². The zero-order valence-electron chi connectivity index (χ0n) is 24.5. The summed E-state index contributed by atoms with van der Waals surface area (Å²) in [5.74, 6) is -1.11. The van der Waals surface area contributed by atoms with E-state index in [1.807, 2.05) is 30.6 Å². The first-order chi connectivity index (χ1) is 21.3. The van der Waals surface area contributed by atoms with Gasteiger partial charge in [-0.3, -0.25) is 19.2 Å². The van der Waals surface area contributed by atoms with Crippen LogP contribution < -0.4 is 16.2 Å². The van der Waals surface area contributed by atoms with Gasteiger partial charge in [0.05, 0.1) is 54.1 Å². The van der Waals surface area contributed by atoms with Gasteiger partial charge < -0.3 is 15.7 Å². The van der Waals surface area contributed by atoms with E-state index in [1.165, 1.54) is 16.7 Å². The van der Waals surface area contributed by atoms with E-state index >= 15 is 4.39 Å². The molecule has 14 heteroatoms. The largest absolute Gasteiger partial charge is 0.396 e. The Labute approximate surface area is 278 Å². The number of hydrogen-bond acceptors (Lipinski definition) is 8. The molecule has 0 radical (unpaired) electrons. The minimum Gasteiger partial charge on any atom is -0.396 e. The normalized spacial score (nSPS) is 14.6. The van der Waals surface area contributed by atoms with Crippen molar-refractivity contribution in [1.82, 2.24) is 19.4 Å². The minimum absolute atomic E-state index is 0.0378. The van der Waals surface area contributed by atoms with E-state index in [0.29, 0.717) is 54.2 Å². The molecule has 234 valence electrons. The van der Waals surface area contributed by atoms with Crippen LogP contribution in [0.4, 0.5) is 15.8 Å². The first kappa shape index (κ1) is 32.9. The summed E-state index contributed by atoms with van der Waals surface area (Å²) in [7, 11) is 0. The molecule has 9 nitrogen and oxygen atoms in total. The Hall–Kier alpha value is -3.43. The highest BCUT2D eigenvalue weighted by atomic mass is 35.5. The fourth-order valence-electron chi connectivity index (χ4n) is 5.58. The number of nitrogens with two attached hydrogens (primary N) is 1. The smallest absolute Gasteiger partial charge is 0.276 e. The van der Waals surface area contributed by atoms with Crippen LogP contribution in [0, 0.1) is 24.1 Å². The van der Waals surface area contributed by atoms with Crippen molar-refractivity contribution in [3.05, 3.63) is 84.1 Å². The van der Waals surface area contributed by atoms with Crippen molar-refractivity contribution in [3.63, 3.8) is 0 Å². The van der Waals surface area contributed by atoms with Gasteiger partial charge in [0.2, 0.25) is 0 Å². The molecule has 1 unspecified atom stereocenters. The van der Waals surface area contributed by atoms with Crippen molar-refractivity contribution < 1.29 is 9.50 Å². The summed E-state index contributed by atoms with van der Waals surface area (Å²) in [5.41, 5.74) is 6.80. The number of hydrogen-bond donors (Lipinski definition) is 2. The number of aromatic nitrogens is 3. The summed E-state index contributed by atoms with van der Waals surface area (Å²) < 4.78 is 17.0. The number of aryl methyl sites for hydroxylation is 1. The lowest BCUT2D eigenvalue weighted by Crippen LogP contribution is -2.50. The van der Waals surface area contributed by atoms with Crippen LogP contribution in [0.1, 0.15) is 36.6 Å². The standard InChI is InChI=1S/C31H28Cl4FN7O2/c1-5-19(44)41-8-10-42(11-9-41)29-16-12-18(32)27(20-21(33)25(38)23(35)22(34)24(20)36)40-30(16)43(31(45)17(29)13-37)28-15(4)6-7-39-26(28)14(2)3/h5-7,12,14,19,44H,1,8-11,38H2,2-4H3. The monoisotopic (exact) mass is 689 g/mol. The van der Waals surface area contributed by atoms with Gasteiger partial charge in [0.15, 0.2) is 5.82 Å². The summed E-state index contributed by atoms with van der Waals surface area (Å²) >= 11 is 25.6. The van der Waals surface area contributed by atoms with Gasteiger partial charge in [-0.15, -0.1) is 0 Å². The van der Waals surface area contributed by atoms with Crippen molar-refractivity contribution in [1.29, 1.82) is 5.26 Å². The SMILES string of the molecule is C=CC(O)N1CCN(c2c(C#N)c(=O)n(-c3c(C)ccnc3C(C)C)c3nc(-c4c(F)c(Cl)c(Cl)c(N)c4Cl)c(Cl)cc23)CC1. The second-order valence-corrected chi connectivity index (χ2v) is 12.4. The van der Waals surface area contributed by atoms with Gasteiger partial charge in [-0.2, -0.15) is 5.26 Å². The van der Waals surface area contributed by atoms with Crippen LogP contribution in [0.3, 0.4) is 0 Å². The van der Waals surface area contributed by atoms with E-state index in [2.05, 4.69) is 17.6 Å². The molecule has 0 bridgehead atoms. The number of anilines is 2. The molecule has 45 heavy (non-hydrogen) atoms. The van der Waals surface area contributed by atoms with Gasteiger partial charge in [-0.05, 0) is 36.6 Å². The third-order valence-electron chi connectivity index (χ3n) is 7.86. The highest BCUT2D eigenvalue weighted by Gasteiger charge is 2.31. The molecular formula is C31H28Cl4FN7O2. The molecule has 0 saturated carbocycles. The Kier molecular flexibility index (Phi) is 9.34. The number of halogens is 5. The van der Waals surface area contributed by atoms with E-state index in [1.54, 1.807) is 12.3 Å². The third-order valence-corrected chi connectivity index (χ3v) is 9.39. The molecule has 0 aliphatic carbocycles. The van der Waals surface area contributed by atoms with E-state index < -0.39 is 22.6 Å². The number of aliphatic hydroxyl groups is 1. The van der Waals surface area contributed by atoms with Crippen molar-refractivity contribution in [3.8, 4) is 23.0 Å². The average molecular weight is 691 g/mol. The van der Waals surface area contributed by atoms with Crippen LogP contribution in [-0.4, -0.2) is 56.9 Å². The van der Waals surface area contributed by atoms with Gasteiger partial charge in [-0.25, -0.2) is 9.37 Å². The molecule has 3 N–H and O–H groups in total. The maximum atomic E-state index is 15.7. The van der Waals surface area contributed by atoms with Gasteiger partial charge in [-0.1, -0.05) is 66.8 Å². The number of fused-ring (bicyclic) bond motifs is 1. The Bertz CT molecular complexity index is 1940. The Balaban J connectivity index is 1.92. The van der Waals surface area contributed by atoms with Gasteiger partial charge in [0, 0.05) is 37.8 Å². The van der Waals surface area contributed by atoms with E-state index in [-0.39, 0.29) is 49.1 Å². The quantitative estimate of drug-likeness (QED) is 0.0990. The Morgan fingerprint density at radius 1 is 1.13 bits per heavy atom. The van der Waals surface area contributed by atoms with Gasteiger partial charge in [0.1, 0.15) is 23.5 Å². The molecule has 5 rings (SSSR count). The fourth-order valence-corrected chi connectivity index (χ4v) is 6.52. The molecule has 1 atom stereocenters. The maximum Gasteiger partial charge on any atom is 0.276 e. The Morgan fingerprint density at radius 2 is 1.80 bits per heavy atom. The second kappa shape index (κ2) is 12.8. The molecule has 4 aromatic rings. The minimum atomic E-state index is -0.991. The topological polar surface area (TPSA) is 124 Å². The predicted molar refractivity (Wildman–Crippen MR) is 179 cm³/mol. The lowest BCUT2D eigenvalue weighted by Gasteiger charge is -2.38. The molecule has 0 amide bonds. The first-order valence-electron chi connectivity index (χ1n) is 13.9. The van der Waals surface area contributed by atoms with Crippen molar-refractivity contribution in [2.75, 3.05) is 36.8 Å². The predicted octanol–water partition coefficient (Wildman–Crippen LogP) is 6.71. The number of aliphatic hydroxyl groups excluding tert-OH is 1. The van der Waals surface area contributed by atoms with Crippen molar-refractivity contribution >= 4 is 68.8 Å². The first-order valence-corrected chi connectivity index (χ1v) is 15.4. The van der Waals surface area contributed by atoms with Gasteiger partial charge >= 0.3 is 0 Å². The number of nitrogens with zero attached hydrogens (tertiary/aromatic N) is 6. The fraction of sp³-hybridized carbons (Fsp3) is 0.290. The maximum absolute atomic E-state index is 15.7. The van der Waals surface area contributed by atoms with Gasteiger partial charge in [0.25, 0.3) is 5.56 Å². The highest BCUT2D eigenvalue weighted by Crippen LogP contribution is 2.46. The van der Waals surface area contributed by atoms with Crippen LogP contribution in [0.25, 0.3) is 28.0 Å². The summed E-state index contributed by atoms with van der Waals surface area (Å²) in [6.07, 6.45) is 2.23. The summed E-state index contributed by atoms with van der Waals surface area (Å²) in [6.45, 7) is 10.9. The lowest BCUT2D eigenvalue weighted by molar-refractivity contribution is 0.0381. The van der Waals surface area contributed by atoms with Crippen LogP contribution in [0.15, 0.2) is 35.8 Å². The zero-order chi connectivity index (χ0) is 32.9. The van der Waals surface area contributed by atoms with E-state index in [0.717, 1.165) is 0 Å². The molecule has 4 heterocycles. The molecule has 1 fully saturated rings. The van der Waals surface area contributed by atoms with E-state index in [4.69, 9.17) is 57.1 Å². The van der Waals surface area contributed by atoms with Crippen LogP contribution in [0.5, 0.6) is 0 Å². The van der Waals surface area contributed by atoms with Crippen LogP contribution in [0.2, 0.25) is 20.1 Å². The molecule has 0 spiro atoms. The molecule has 3 aromatic heterocycles. The zero-order valence-corrected chi connectivity index (χ0v) is 27.5. The molecule has 1 saturated heterocycles. The van der Waals surface area contributed by atoms with E-state index in [9.17, 15) is 15.2 Å². The number of rotatable bonds is 6. The number of nitriles is 1. The highest BCUT2D eigenvalue weighted by molar-refractivity contribution is 6.47. The third kappa shape index (κ3) is 5.52. The number of benzene rings is 1. The van der Waals surface area contributed by atoms with Crippen LogP contribution >= 0.6 is 46.4 Å².